The average Bonchev–Trinajstić information content (AvgIpc) is 3.37. The van der Waals surface area contributed by atoms with Gasteiger partial charge >= 0.3 is 0 Å². The Morgan fingerprint density at radius 2 is 2.05 bits per heavy atom. The normalized spacial score (nSPS) is 15.1. The number of ether oxygens (including phenoxy) is 1. The van der Waals surface area contributed by atoms with Crippen LogP contribution in [0, 0.1) is 6.92 Å². The summed E-state index contributed by atoms with van der Waals surface area (Å²) in [6.45, 7) is 6.80. The predicted octanol–water partition coefficient (Wildman–Crippen LogP) is 2.99. The molecular weight excluding hydrogens is 486 g/mol. The number of hydrogen-bond acceptors (Lipinski definition) is 9. The Kier molecular flexibility index (Phi) is 7.79. The van der Waals surface area contributed by atoms with Gasteiger partial charge in [0.15, 0.2) is 0 Å². The third kappa shape index (κ3) is 5.69. The number of rotatable bonds is 9. The number of primary amides is 1. The monoisotopic (exact) mass is 519 g/mol. The molecule has 1 fully saturated rings. The van der Waals surface area contributed by atoms with Gasteiger partial charge in [0.25, 0.3) is 5.91 Å². The Morgan fingerprint density at radius 1 is 1.26 bits per heavy atom. The maximum absolute atomic E-state index is 12.2. The number of piperidine rings is 1. The van der Waals surface area contributed by atoms with E-state index in [2.05, 4.69) is 32.3 Å². The Morgan fingerprint density at radius 3 is 2.74 bits per heavy atom. The van der Waals surface area contributed by atoms with Crippen LogP contribution in [0.5, 0.6) is 5.75 Å². The number of methoxy groups -OCH3 is 1. The molecule has 1 atom stereocenters. The lowest BCUT2D eigenvalue weighted by molar-refractivity contribution is -0.127. The number of nitrogens with zero attached hydrogens (tertiary/aromatic N) is 6. The zero-order valence-electron chi connectivity index (χ0n) is 22.1. The second kappa shape index (κ2) is 11.2. The standard InChI is InChI=1S/C26H33N9O3/c1-6-22(36)34-9-7-8-18(15-34)35-14-17(12-29-35)30-26-28-13-20(24(27)37)25(32-26)31-23-16(2)10-19(38-5)11-21(23)33(3)4/h6,10-14,18H,1,7-9,15H2,2-5H3,(H2,27,37)(H2,28,30,31,32)/t18-/m0/s1. The highest BCUT2D eigenvalue weighted by Crippen LogP contribution is 2.35. The van der Waals surface area contributed by atoms with Crippen molar-refractivity contribution in [2.75, 3.05) is 49.8 Å². The van der Waals surface area contributed by atoms with E-state index < -0.39 is 5.91 Å². The molecule has 1 saturated heterocycles. The number of nitrogens with one attached hydrogen (secondary N) is 2. The molecule has 1 aliphatic rings. The van der Waals surface area contributed by atoms with Gasteiger partial charge in [-0.15, -0.1) is 0 Å². The Labute approximate surface area is 221 Å². The molecule has 1 aromatic carbocycles. The first kappa shape index (κ1) is 26.5. The highest BCUT2D eigenvalue weighted by atomic mass is 16.5. The fourth-order valence-corrected chi connectivity index (χ4v) is 4.44. The minimum Gasteiger partial charge on any atom is -0.497 e. The zero-order valence-corrected chi connectivity index (χ0v) is 22.1. The molecule has 0 radical (unpaired) electrons. The number of likely N-dealkylation sites (tertiary alicyclic amines) is 1. The van der Waals surface area contributed by atoms with Crippen LogP contribution >= 0.6 is 0 Å². The second-order valence-corrected chi connectivity index (χ2v) is 9.30. The summed E-state index contributed by atoms with van der Waals surface area (Å²) >= 11 is 0. The van der Waals surface area contributed by atoms with Crippen molar-refractivity contribution in [2.24, 2.45) is 5.73 Å². The lowest BCUT2D eigenvalue weighted by Gasteiger charge is -2.32. The molecule has 2 amide bonds. The van der Waals surface area contributed by atoms with Gasteiger partial charge in [0.2, 0.25) is 11.9 Å². The van der Waals surface area contributed by atoms with Crippen LogP contribution in [0.2, 0.25) is 0 Å². The van der Waals surface area contributed by atoms with Crippen molar-refractivity contribution in [3.63, 3.8) is 0 Å². The fourth-order valence-electron chi connectivity index (χ4n) is 4.44. The summed E-state index contributed by atoms with van der Waals surface area (Å²) in [5, 5.41) is 10.9. The van der Waals surface area contributed by atoms with Gasteiger partial charge in [-0.3, -0.25) is 14.3 Å². The lowest BCUT2D eigenvalue weighted by atomic mass is 10.1. The number of hydrogen-bond donors (Lipinski definition) is 3. The average molecular weight is 520 g/mol. The number of nitrogens with two attached hydrogens (primary N) is 1. The van der Waals surface area contributed by atoms with Gasteiger partial charge in [-0.1, -0.05) is 6.58 Å². The van der Waals surface area contributed by atoms with E-state index in [4.69, 9.17) is 10.5 Å². The molecule has 38 heavy (non-hydrogen) atoms. The molecule has 4 rings (SSSR count). The SMILES string of the molecule is C=CC(=O)N1CCC[C@H](n2cc(Nc3ncc(C(N)=O)c(Nc4c(C)cc(OC)cc4N(C)C)n3)cn2)C1. The molecule has 12 nitrogen and oxygen atoms in total. The number of carbonyl (C=O) groups excluding carboxylic acids is 2. The summed E-state index contributed by atoms with van der Waals surface area (Å²) in [7, 11) is 5.44. The highest BCUT2D eigenvalue weighted by molar-refractivity contribution is 5.99. The summed E-state index contributed by atoms with van der Waals surface area (Å²) in [4.78, 5) is 36.8. The van der Waals surface area contributed by atoms with Crippen molar-refractivity contribution in [3.05, 3.63) is 54.5 Å². The zero-order chi connectivity index (χ0) is 27.4. The maximum Gasteiger partial charge on any atom is 0.254 e. The summed E-state index contributed by atoms with van der Waals surface area (Å²) in [5.41, 5.74) is 8.95. The fraction of sp³-hybridized carbons (Fsp3) is 0.346. The van der Waals surface area contributed by atoms with Crippen LogP contribution in [0.3, 0.4) is 0 Å². The number of amides is 2. The minimum absolute atomic E-state index is 0.0566. The molecular formula is C26H33N9O3. The number of anilines is 5. The molecule has 12 heteroatoms. The van der Waals surface area contributed by atoms with E-state index >= 15 is 0 Å². The van der Waals surface area contributed by atoms with Gasteiger partial charge in [-0.2, -0.15) is 10.1 Å². The van der Waals surface area contributed by atoms with Crippen molar-refractivity contribution in [2.45, 2.75) is 25.8 Å². The maximum atomic E-state index is 12.2. The summed E-state index contributed by atoms with van der Waals surface area (Å²) < 4.78 is 7.25. The molecule has 4 N–H and O–H groups in total. The van der Waals surface area contributed by atoms with Crippen molar-refractivity contribution < 1.29 is 14.3 Å². The quantitative estimate of drug-likeness (QED) is 0.363. The molecule has 3 heterocycles. The van der Waals surface area contributed by atoms with E-state index in [1.165, 1.54) is 12.3 Å². The van der Waals surface area contributed by atoms with Crippen LogP contribution in [-0.4, -0.2) is 70.8 Å². The largest absolute Gasteiger partial charge is 0.497 e. The van der Waals surface area contributed by atoms with Gasteiger partial charge < -0.3 is 30.9 Å². The van der Waals surface area contributed by atoms with E-state index in [-0.39, 0.29) is 29.3 Å². The molecule has 1 aliphatic heterocycles. The molecule has 0 bridgehead atoms. The lowest BCUT2D eigenvalue weighted by Crippen LogP contribution is -2.39. The van der Waals surface area contributed by atoms with Crippen LogP contribution in [0.1, 0.15) is 34.8 Å². The number of carbonyl (C=O) groups is 2. The summed E-state index contributed by atoms with van der Waals surface area (Å²) in [6.07, 6.45) is 8.05. The van der Waals surface area contributed by atoms with Gasteiger partial charge in [0.05, 0.1) is 36.4 Å². The van der Waals surface area contributed by atoms with Crippen LogP contribution in [0.4, 0.5) is 28.8 Å². The van der Waals surface area contributed by atoms with Crippen LogP contribution in [0.25, 0.3) is 0 Å². The summed E-state index contributed by atoms with van der Waals surface area (Å²) in [5.74, 6) is 0.517. The van der Waals surface area contributed by atoms with Crippen LogP contribution in [0.15, 0.2) is 43.4 Å². The van der Waals surface area contributed by atoms with Crippen molar-refractivity contribution in [1.82, 2.24) is 24.6 Å². The third-order valence-corrected chi connectivity index (χ3v) is 6.42. The highest BCUT2D eigenvalue weighted by Gasteiger charge is 2.24. The van der Waals surface area contributed by atoms with Gasteiger partial charge in [-0.05, 0) is 37.5 Å². The Hall–Kier alpha value is -4.61. The van der Waals surface area contributed by atoms with E-state index in [9.17, 15) is 9.59 Å². The van der Waals surface area contributed by atoms with Gasteiger partial charge in [-0.25, -0.2) is 4.98 Å². The van der Waals surface area contributed by atoms with E-state index in [0.717, 1.165) is 29.8 Å². The molecule has 200 valence electrons. The number of aromatic nitrogens is 4. The molecule has 0 spiro atoms. The number of benzene rings is 1. The van der Waals surface area contributed by atoms with Gasteiger partial charge in [0, 0.05) is 45.6 Å². The smallest absolute Gasteiger partial charge is 0.254 e. The predicted molar refractivity (Wildman–Crippen MR) is 146 cm³/mol. The van der Waals surface area contributed by atoms with E-state index in [0.29, 0.717) is 24.5 Å². The summed E-state index contributed by atoms with van der Waals surface area (Å²) in [6, 6.07) is 3.84. The Balaban J connectivity index is 1.59. The van der Waals surface area contributed by atoms with Crippen LogP contribution < -0.4 is 26.0 Å². The first-order valence-electron chi connectivity index (χ1n) is 12.2. The minimum atomic E-state index is -0.652. The molecule has 0 unspecified atom stereocenters. The van der Waals surface area contributed by atoms with Crippen LogP contribution in [-0.2, 0) is 4.79 Å². The van der Waals surface area contributed by atoms with E-state index in [1.807, 2.05) is 48.9 Å². The van der Waals surface area contributed by atoms with E-state index in [1.54, 1.807) is 18.2 Å². The van der Waals surface area contributed by atoms with Crippen molar-refractivity contribution in [3.8, 4) is 5.75 Å². The molecule has 3 aromatic rings. The first-order chi connectivity index (χ1) is 18.2. The van der Waals surface area contributed by atoms with Gasteiger partial charge in [0.1, 0.15) is 17.1 Å². The first-order valence-corrected chi connectivity index (χ1v) is 12.2. The number of aryl methyl sites for hydroxylation is 1. The van der Waals surface area contributed by atoms with Crippen molar-refractivity contribution in [1.29, 1.82) is 0 Å². The molecule has 0 saturated carbocycles. The van der Waals surface area contributed by atoms with Crippen molar-refractivity contribution >= 4 is 40.6 Å². The third-order valence-electron chi connectivity index (χ3n) is 6.42. The Bertz CT molecular complexity index is 1350. The molecule has 0 aliphatic carbocycles. The second-order valence-electron chi connectivity index (χ2n) is 9.30. The topological polar surface area (TPSA) is 144 Å². The molecule has 2 aromatic heterocycles.